The lowest BCUT2D eigenvalue weighted by molar-refractivity contribution is 0.0980. The van der Waals surface area contributed by atoms with Gasteiger partial charge < -0.3 is 5.11 Å². The average Bonchev–Trinajstić information content (AvgIpc) is 2.79. The minimum Gasteiger partial charge on any atom is -0.386 e. The van der Waals surface area contributed by atoms with E-state index in [9.17, 15) is 9.90 Å². The minimum atomic E-state index is -1.04. The lowest BCUT2D eigenvalue weighted by Crippen LogP contribution is -2.22. The summed E-state index contributed by atoms with van der Waals surface area (Å²) in [7, 11) is 0. The zero-order chi connectivity index (χ0) is 24.0. The number of benzene rings is 2. The Hall–Kier alpha value is -3.27. The van der Waals surface area contributed by atoms with Crippen LogP contribution in [0.15, 0.2) is 91.1 Å². The molecule has 0 saturated heterocycles. The van der Waals surface area contributed by atoms with E-state index in [1.807, 2.05) is 66.7 Å². The molecule has 3 rings (SSSR count). The monoisotopic (exact) mass is 457 g/mol. The van der Waals surface area contributed by atoms with Gasteiger partial charge in [-0.2, -0.15) is 0 Å². The third-order valence-electron chi connectivity index (χ3n) is 5.41. The Balaban J connectivity index is 1.75. The Kier molecular flexibility index (Phi) is 7.80. The number of aliphatic hydroxyl groups is 1. The van der Waals surface area contributed by atoms with Crippen LogP contribution < -0.4 is 0 Å². The quantitative estimate of drug-likeness (QED) is 0.268. The van der Waals surface area contributed by atoms with Crippen LogP contribution in [0.5, 0.6) is 0 Å². The molecule has 3 aromatic rings. The molecule has 1 N–H and O–H groups in total. The molecule has 0 radical (unpaired) electrons. The first-order valence-electron chi connectivity index (χ1n) is 10.8. The van der Waals surface area contributed by atoms with E-state index in [0.717, 1.165) is 27.7 Å². The fourth-order valence-corrected chi connectivity index (χ4v) is 3.88. The third kappa shape index (κ3) is 6.38. The van der Waals surface area contributed by atoms with Crippen molar-refractivity contribution in [1.29, 1.82) is 0 Å². The molecule has 0 unspecified atom stereocenters. The van der Waals surface area contributed by atoms with E-state index >= 15 is 0 Å². The molecule has 0 atom stereocenters. The van der Waals surface area contributed by atoms with E-state index in [-0.39, 0.29) is 5.78 Å². The number of carbonyl (C=O) groups is 1. The van der Waals surface area contributed by atoms with Crippen LogP contribution >= 0.6 is 11.6 Å². The van der Waals surface area contributed by atoms with Crippen molar-refractivity contribution in [2.24, 2.45) is 0 Å². The van der Waals surface area contributed by atoms with Gasteiger partial charge in [-0.05, 0) is 67.3 Å². The zero-order valence-electron chi connectivity index (χ0n) is 19.0. The molecule has 33 heavy (non-hydrogen) atoms. The molecular formula is C29H28ClNO2. The van der Waals surface area contributed by atoms with Crippen molar-refractivity contribution in [3.05, 3.63) is 113 Å². The summed E-state index contributed by atoms with van der Waals surface area (Å²) in [6.07, 6.45) is 7.97. The van der Waals surface area contributed by atoms with Gasteiger partial charge >= 0.3 is 0 Å². The van der Waals surface area contributed by atoms with Gasteiger partial charge in [0.05, 0.1) is 16.8 Å². The first kappa shape index (κ1) is 24.4. The van der Waals surface area contributed by atoms with Gasteiger partial charge in [-0.15, -0.1) is 0 Å². The number of halogens is 1. The normalized spacial score (nSPS) is 12.6. The van der Waals surface area contributed by atoms with Gasteiger partial charge in [0.2, 0.25) is 0 Å². The smallest absolute Gasteiger partial charge is 0.163 e. The van der Waals surface area contributed by atoms with Crippen molar-refractivity contribution in [1.82, 2.24) is 4.98 Å². The number of carbonyl (C=O) groups excluding carboxylic acids is 1. The molecule has 4 heteroatoms. The molecule has 3 nitrogen and oxygen atoms in total. The van der Waals surface area contributed by atoms with Gasteiger partial charge in [-0.1, -0.05) is 73.3 Å². The number of hydrogen-bond acceptors (Lipinski definition) is 3. The molecule has 0 aliphatic carbocycles. The molecule has 0 spiro atoms. The summed E-state index contributed by atoms with van der Waals surface area (Å²) in [6, 6.07) is 17.1. The summed E-state index contributed by atoms with van der Waals surface area (Å²) in [5, 5.41) is 12.0. The second-order valence-corrected chi connectivity index (χ2v) is 8.80. The standard InChI is InChI=1S/C29H28ClNO2/c1-5-21(26(6-2)29(3,4)33)13-17-28(32)23-9-7-8-20(18-23)10-15-25-16-12-22-11-14-24(30)19-27(22)31-25/h5-12,14-16,18-19,33H,1-2,13,17H2,3-4H3/b15-10+,26-21-. The Bertz CT molecular complexity index is 1260. The van der Waals surface area contributed by atoms with Crippen molar-refractivity contribution in [3.63, 3.8) is 0 Å². The summed E-state index contributed by atoms with van der Waals surface area (Å²) in [4.78, 5) is 17.5. The van der Waals surface area contributed by atoms with Gasteiger partial charge in [0, 0.05) is 22.4 Å². The maximum Gasteiger partial charge on any atom is 0.163 e. The lowest BCUT2D eigenvalue weighted by atomic mass is 9.90. The third-order valence-corrected chi connectivity index (χ3v) is 5.64. The van der Waals surface area contributed by atoms with Crippen LogP contribution in [-0.4, -0.2) is 21.5 Å². The van der Waals surface area contributed by atoms with E-state index in [0.29, 0.717) is 29.0 Å². The number of ketones is 1. The number of fused-ring (bicyclic) bond motifs is 1. The fraction of sp³-hybridized carbons (Fsp3) is 0.172. The molecule has 1 heterocycles. The van der Waals surface area contributed by atoms with Gasteiger partial charge in [-0.3, -0.25) is 4.79 Å². The second-order valence-electron chi connectivity index (χ2n) is 8.36. The molecule has 2 aromatic carbocycles. The summed E-state index contributed by atoms with van der Waals surface area (Å²) in [5.74, 6) is 0.0298. The number of Topliss-reactive ketones (excluding diaryl/α,β-unsaturated/α-hetero) is 1. The van der Waals surface area contributed by atoms with Crippen LogP contribution in [0.4, 0.5) is 0 Å². The van der Waals surface area contributed by atoms with Crippen LogP contribution in [-0.2, 0) is 0 Å². The second kappa shape index (κ2) is 10.6. The summed E-state index contributed by atoms with van der Waals surface area (Å²) in [6.45, 7) is 11.0. The summed E-state index contributed by atoms with van der Waals surface area (Å²) >= 11 is 6.08. The van der Waals surface area contributed by atoms with Gasteiger partial charge in [-0.25, -0.2) is 4.98 Å². The Labute approximate surface area is 200 Å². The Morgan fingerprint density at radius 1 is 1.03 bits per heavy atom. The number of nitrogens with zero attached hydrogens (tertiary/aromatic N) is 1. The van der Waals surface area contributed by atoms with E-state index in [4.69, 9.17) is 11.6 Å². The van der Waals surface area contributed by atoms with E-state index < -0.39 is 5.60 Å². The Morgan fingerprint density at radius 2 is 1.79 bits per heavy atom. The van der Waals surface area contributed by atoms with E-state index in [1.165, 1.54) is 0 Å². The molecule has 0 aliphatic rings. The SMILES string of the molecule is C=C/C(CCC(=O)c1cccc(/C=C/c2ccc3ccc(Cl)cc3n2)c1)=C(\C=C)C(C)(C)O. The topological polar surface area (TPSA) is 50.2 Å². The number of allylic oxidation sites excluding steroid dienone is 2. The van der Waals surface area contributed by atoms with Crippen LogP contribution in [0, 0.1) is 0 Å². The van der Waals surface area contributed by atoms with Crippen LogP contribution in [0.2, 0.25) is 5.02 Å². The highest BCUT2D eigenvalue weighted by Gasteiger charge is 2.20. The number of aromatic nitrogens is 1. The van der Waals surface area contributed by atoms with E-state index in [1.54, 1.807) is 26.0 Å². The molecular weight excluding hydrogens is 430 g/mol. The first-order valence-corrected chi connectivity index (χ1v) is 11.2. The molecule has 0 saturated carbocycles. The predicted octanol–water partition coefficient (Wildman–Crippen LogP) is 7.46. The average molecular weight is 458 g/mol. The van der Waals surface area contributed by atoms with Gasteiger partial charge in [0.1, 0.15) is 0 Å². The minimum absolute atomic E-state index is 0.0298. The van der Waals surface area contributed by atoms with Gasteiger partial charge in [0.15, 0.2) is 5.78 Å². The highest BCUT2D eigenvalue weighted by molar-refractivity contribution is 6.31. The number of pyridine rings is 1. The van der Waals surface area contributed by atoms with Crippen LogP contribution in [0.25, 0.3) is 23.1 Å². The Morgan fingerprint density at radius 3 is 2.48 bits per heavy atom. The molecule has 1 aromatic heterocycles. The summed E-state index contributed by atoms with van der Waals surface area (Å²) < 4.78 is 0. The molecule has 0 bridgehead atoms. The molecule has 0 fully saturated rings. The zero-order valence-corrected chi connectivity index (χ0v) is 19.8. The molecule has 168 valence electrons. The van der Waals surface area contributed by atoms with Crippen molar-refractivity contribution in [2.45, 2.75) is 32.3 Å². The maximum absolute atomic E-state index is 12.8. The summed E-state index contributed by atoms with van der Waals surface area (Å²) in [5.41, 5.74) is 3.67. The van der Waals surface area contributed by atoms with Crippen LogP contribution in [0.1, 0.15) is 48.3 Å². The maximum atomic E-state index is 12.8. The van der Waals surface area contributed by atoms with Crippen LogP contribution in [0.3, 0.4) is 0 Å². The lowest BCUT2D eigenvalue weighted by Gasteiger charge is -2.22. The van der Waals surface area contributed by atoms with Crippen molar-refractivity contribution in [3.8, 4) is 0 Å². The van der Waals surface area contributed by atoms with Crippen molar-refractivity contribution < 1.29 is 9.90 Å². The molecule has 0 amide bonds. The number of hydrogen-bond donors (Lipinski definition) is 1. The predicted molar refractivity (Wildman–Crippen MR) is 139 cm³/mol. The molecule has 0 aliphatic heterocycles. The van der Waals surface area contributed by atoms with Crippen molar-refractivity contribution in [2.75, 3.05) is 0 Å². The number of rotatable bonds is 9. The highest BCUT2D eigenvalue weighted by atomic mass is 35.5. The van der Waals surface area contributed by atoms with E-state index in [2.05, 4.69) is 18.1 Å². The van der Waals surface area contributed by atoms with Crippen molar-refractivity contribution >= 4 is 40.4 Å². The largest absolute Gasteiger partial charge is 0.386 e. The fourth-order valence-electron chi connectivity index (χ4n) is 3.71. The highest BCUT2D eigenvalue weighted by Crippen LogP contribution is 2.25. The first-order chi connectivity index (χ1) is 15.7. The van der Waals surface area contributed by atoms with Gasteiger partial charge in [0.25, 0.3) is 0 Å².